The molecular formula is C9H16N2. The van der Waals surface area contributed by atoms with Crippen LogP contribution in [-0.2, 0) is 0 Å². The highest BCUT2D eigenvalue weighted by Gasteiger charge is 1.86. The van der Waals surface area contributed by atoms with Crippen LogP contribution in [0.2, 0.25) is 0 Å². The molecule has 0 rings (SSSR count). The topological polar surface area (TPSA) is 35.9 Å². The molecule has 0 aromatic rings. The Bertz CT molecular complexity index is 178. The lowest BCUT2D eigenvalue weighted by Crippen LogP contribution is -2.08. The first kappa shape index (κ1) is 9.95. The van der Waals surface area contributed by atoms with Crippen LogP contribution >= 0.6 is 0 Å². The van der Waals surface area contributed by atoms with Gasteiger partial charge in [0, 0.05) is 12.3 Å². The second-order valence-electron chi connectivity index (χ2n) is 2.55. The molecule has 0 amide bonds. The van der Waals surface area contributed by atoms with E-state index in [0.717, 1.165) is 6.54 Å². The summed E-state index contributed by atoms with van der Waals surface area (Å²) in [6.07, 6.45) is 5.71. The van der Waals surface area contributed by atoms with Gasteiger partial charge in [0.1, 0.15) is 0 Å². The minimum absolute atomic E-state index is 0.602. The molecule has 0 aromatic carbocycles. The third kappa shape index (κ3) is 6.84. The molecule has 2 heteroatoms. The molecule has 0 heterocycles. The van der Waals surface area contributed by atoms with E-state index in [-0.39, 0.29) is 0 Å². The highest BCUT2D eigenvalue weighted by molar-refractivity contribution is 5.90. The molecule has 0 aromatic heterocycles. The van der Waals surface area contributed by atoms with Crippen LogP contribution in [0.25, 0.3) is 0 Å². The van der Waals surface area contributed by atoms with Gasteiger partial charge in [-0.1, -0.05) is 11.6 Å². The van der Waals surface area contributed by atoms with E-state index in [1.807, 2.05) is 32.2 Å². The Hall–Kier alpha value is -1.05. The van der Waals surface area contributed by atoms with E-state index < -0.39 is 0 Å². The zero-order valence-electron chi connectivity index (χ0n) is 7.44. The Kier molecular flexibility index (Phi) is 5.17. The normalized spacial score (nSPS) is 12.1. The molecule has 0 aliphatic rings. The maximum atomic E-state index is 7.18. The van der Waals surface area contributed by atoms with Crippen LogP contribution in [0.1, 0.15) is 20.8 Å². The predicted molar refractivity (Wildman–Crippen MR) is 50.0 cm³/mol. The molecule has 0 fully saturated rings. The fourth-order valence-corrected chi connectivity index (χ4v) is 0.758. The fourth-order valence-electron chi connectivity index (χ4n) is 0.758. The minimum atomic E-state index is 0.602. The Labute approximate surface area is 68.5 Å². The zero-order valence-corrected chi connectivity index (χ0v) is 7.44. The predicted octanol–water partition coefficient (Wildman–Crippen LogP) is 2.10. The van der Waals surface area contributed by atoms with Crippen LogP contribution in [0.15, 0.2) is 23.9 Å². The van der Waals surface area contributed by atoms with E-state index in [0.29, 0.717) is 5.71 Å². The molecule has 2 nitrogen and oxygen atoms in total. The van der Waals surface area contributed by atoms with E-state index in [1.165, 1.54) is 5.57 Å². The van der Waals surface area contributed by atoms with Gasteiger partial charge in [0.2, 0.25) is 0 Å². The molecule has 0 saturated carbocycles. The maximum absolute atomic E-state index is 7.18. The van der Waals surface area contributed by atoms with Crippen molar-refractivity contribution in [1.82, 2.24) is 5.32 Å². The molecular weight excluding hydrogens is 136 g/mol. The van der Waals surface area contributed by atoms with Gasteiger partial charge in [0.05, 0.1) is 0 Å². The first-order valence-corrected chi connectivity index (χ1v) is 3.73. The molecule has 0 radical (unpaired) electrons. The van der Waals surface area contributed by atoms with Gasteiger partial charge in [-0.25, -0.2) is 0 Å². The summed E-state index contributed by atoms with van der Waals surface area (Å²) in [6.45, 7) is 6.57. The lowest BCUT2D eigenvalue weighted by molar-refractivity contribution is 0.935. The Morgan fingerprint density at radius 3 is 2.55 bits per heavy atom. The summed E-state index contributed by atoms with van der Waals surface area (Å²) in [5, 5.41) is 10.3. The maximum Gasteiger partial charge on any atom is 0.0355 e. The molecule has 0 aliphatic heterocycles. The lowest BCUT2D eigenvalue weighted by atomic mass is 10.2. The van der Waals surface area contributed by atoms with Gasteiger partial charge in [-0.05, 0) is 33.0 Å². The second kappa shape index (κ2) is 5.71. The number of hydrogen-bond donors (Lipinski definition) is 2. The van der Waals surface area contributed by atoms with E-state index in [4.69, 9.17) is 5.41 Å². The van der Waals surface area contributed by atoms with Gasteiger partial charge < -0.3 is 10.7 Å². The largest absolute Gasteiger partial charge is 0.387 e. The smallest absolute Gasteiger partial charge is 0.0355 e. The van der Waals surface area contributed by atoms with Crippen molar-refractivity contribution in [3.8, 4) is 0 Å². The van der Waals surface area contributed by atoms with Crippen molar-refractivity contribution in [3.05, 3.63) is 23.9 Å². The van der Waals surface area contributed by atoms with Crippen LogP contribution in [0.3, 0.4) is 0 Å². The van der Waals surface area contributed by atoms with E-state index in [1.54, 1.807) is 6.92 Å². The van der Waals surface area contributed by atoms with Gasteiger partial charge in [-0.2, -0.15) is 0 Å². The molecule has 11 heavy (non-hydrogen) atoms. The third-order valence-corrected chi connectivity index (χ3v) is 1.13. The number of nitrogens with one attached hydrogen (secondary N) is 2. The first-order chi connectivity index (χ1) is 5.16. The van der Waals surface area contributed by atoms with Gasteiger partial charge in [0.15, 0.2) is 0 Å². The summed E-state index contributed by atoms with van der Waals surface area (Å²) in [5.74, 6) is 0. The highest BCUT2D eigenvalue weighted by Crippen LogP contribution is 1.89. The molecule has 0 aliphatic carbocycles. The lowest BCUT2D eigenvalue weighted by Gasteiger charge is -1.99. The quantitative estimate of drug-likeness (QED) is 0.594. The monoisotopic (exact) mass is 152 g/mol. The van der Waals surface area contributed by atoms with Crippen LogP contribution in [-0.4, -0.2) is 12.3 Å². The summed E-state index contributed by atoms with van der Waals surface area (Å²) in [7, 11) is 0. The van der Waals surface area contributed by atoms with Crippen molar-refractivity contribution in [2.45, 2.75) is 20.8 Å². The van der Waals surface area contributed by atoms with Crippen molar-refractivity contribution >= 4 is 5.71 Å². The van der Waals surface area contributed by atoms with E-state index in [2.05, 4.69) is 5.32 Å². The average Bonchev–Trinajstić information content (AvgIpc) is 1.86. The minimum Gasteiger partial charge on any atom is -0.387 e. The Morgan fingerprint density at radius 1 is 1.45 bits per heavy atom. The van der Waals surface area contributed by atoms with Crippen molar-refractivity contribution < 1.29 is 0 Å². The summed E-state index contributed by atoms with van der Waals surface area (Å²) < 4.78 is 0. The van der Waals surface area contributed by atoms with E-state index in [9.17, 15) is 0 Å². The van der Waals surface area contributed by atoms with Gasteiger partial charge in [-0.15, -0.1) is 0 Å². The molecule has 0 atom stereocenters. The molecule has 0 bridgehead atoms. The van der Waals surface area contributed by atoms with Gasteiger partial charge in [0.25, 0.3) is 0 Å². The fraction of sp³-hybridized carbons (Fsp3) is 0.444. The standard InChI is InChI=1S/C9H16N2/c1-4-5-11-7-8(2)6-9(3)10/h4-6,10-11H,7H2,1-3H3/b5-4+,8-6-,10-9?. The summed E-state index contributed by atoms with van der Waals surface area (Å²) in [6, 6.07) is 0. The Balaban J connectivity index is 3.68. The molecule has 0 saturated heterocycles. The molecule has 0 spiro atoms. The van der Waals surface area contributed by atoms with Crippen molar-refractivity contribution in [2.75, 3.05) is 6.54 Å². The van der Waals surface area contributed by atoms with Gasteiger partial charge in [-0.3, -0.25) is 0 Å². The average molecular weight is 152 g/mol. The molecule has 0 unspecified atom stereocenters. The van der Waals surface area contributed by atoms with Crippen molar-refractivity contribution in [2.24, 2.45) is 0 Å². The van der Waals surface area contributed by atoms with Crippen LogP contribution in [0.5, 0.6) is 0 Å². The number of hydrogen-bond acceptors (Lipinski definition) is 2. The van der Waals surface area contributed by atoms with Gasteiger partial charge >= 0.3 is 0 Å². The zero-order chi connectivity index (χ0) is 8.69. The summed E-state index contributed by atoms with van der Waals surface area (Å²) >= 11 is 0. The summed E-state index contributed by atoms with van der Waals surface area (Å²) in [4.78, 5) is 0. The second-order valence-corrected chi connectivity index (χ2v) is 2.55. The van der Waals surface area contributed by atoms with Crippen LogP contribution in [0, 0.1) is 5.41 Å². The van der Waals surface area contributed by atoms with Crippen molar-refractivity contribution in [1.29, 1.82) is 5.41 Å². The highest BCUT2D eigenvalue weighted by atomic mass is 14.8. The number of allylic oxidation sites excluding steroid dienone is 2. The summed E-state index contributed by atoms with van der Waals surface area (Å²) in [5.41, 5.74) is 1.78. The van der Waals surface area contributed by atoms with Crippen LogP contribution in [0.4, 0.5) is 0 Å². The molecule has 2 N–H and O–H groups in total. The van der Waals surface area contributed by atoms with Crippen molar-refractivity contribution in [3.63, 3.8) is 0 Å². The van der Waals surface area contributed by atoms with E-state index >= 15 is 0 Å². The molecule has 62 valence electrons. The third-order valence-electron chi connectivity index (χ3n) is 1.13. The SMILES string of the molecule is C/C=C/NC/C(C)=C\C(C)=N. The van der Waals surface area contributed by atoms with Crippen LogP contribution < -0.4 is 5.32 Å². The first-order valence-electron chi connectivity index (χ1n) is 3.73. The Morgan fingerprint density at radius 2 is 2.09 bits per heavy atom. The number of rotatable bonds is 4.